The molecule has 4 rings (SSSR count). The van der Waals surface area contributed by atoms with E-state index in [1.807, 2.05) is 20.8 Å². The maximum absolute atomic E-state index is 14.1. The summed E-state index contributed by atoms with van der Waals surface area (Å²) >= 11 is 0. The first-order chi connectivity index (χ1) is 19.3. The Kier molecular flexibility index (Phi) is 9.01. The van der Waals surface area contributed by atoms with Crippen molar-refractivity contribution in [1.29, 1.82) is 0 Å². The molecule has 14 heteroatoms. The quantitative estimate of drug-likeness (QED) is 0.176. The van der Waals surface area contributed by atoms with Crippen molar-refractivity contribution in [3.63, 3.8) is 0 Å². The smallest absolute Gasteiger partial charge is 0.255 e. The third-order valence-electron chi connectivity index (χ3n) is 8.23. The van der Waals surface area contributed by atoms with Crippen LogP contribution in [0.15, 0.2) is 28.7 Å². The number of nitrogens with two attached hydrogens (primary N) is 1. The third-order valence-corrected chi connectivity index (χ3v) is 8.23. The van der Waals surface area contributed by atoms with Gasteiger partial charge in [-0.15, -0.1) is 12.4 Å². The first-order valence-electron chi connectivity index (χ1n) is 13.6. The summed E-state index contributed by atoms with van der Waals surface area (Å²) in [5, 5.41) is 51.1. The highest BCUT2D eigenvalue weighted by Crippen LogP contribution is 2.53. The van der Waals surface area contributed by atoms with Gasteiger partial charge < -0.3 is 41.7 Å². The molecule has 8 N–H and O–H groups in total. The number of hydrogen-bond donors (Lipinski definition) is 7. The lowest BCUT2D eigenvalue weighted by atomic mass is 9.58. The summed E-state index contributed by atoms with van der Waals surface area (Å²) in [6, 6.07) is 0.487. The maximum Gasteiger partial charge on any atom is 0.255 e. The summed E-state index contributed by atoms with van der Waals surface area (Å²) in [4.78, 5) is 55.6. The summed E-state index contributed by atoms with van der Waals surface area (Å²) in [6.07, 6.45) is 0.117. The zero-order chi connectivity index (χ0) is 31.6. The van der Waals surface area contributed by atoms with Gasteiger partial charge in [0.05, 0.1) is 23.8 Å². The number of Topliss-reactive ketones (excluding diaryl/α,β-unsaturated/α-hetero) is 2. The number of fused-ring (bicyclic) bond motifs is 3. The van der Waals surface area contributed by atoms with Crippen molar-refractivity contribution in [2.45, 2.75) is 50.8 Å². The molecule has 0 heterocycles. The Labute approximate surface area is 255 Å². The van der Waals surface area contributed by atoms with E-state index < -0.39 is 69.7 Å². The lowest BCUT2D eigenvalue weighted by Gasteiger charge is -2.50. The summed E-state index contributed by atoms with van der Waals surface area (Å²) in [5.74, 6) is -7.79. The Morgan fingerprint density at radius 2 is 1.72 bits per heavy atom. The van der Waals surface area contributed by atoms with Crippen molar-refractivity contribution < 1.29 is 39.6 Å². The van der Waals surface area contributed by atoms with Gasteiger partial charge in [-0.25, -0.2) is 0 Å². The monoisotopic (exact) mass is 621 g/mol. The predicted octanol–water partition coefficient (Wildman–Crippen LogP) is 0.935. The zero-order valence-corrected chi connectivity index (χ0v) is 26.0. The molecule has 13 nitrogen and oxygen atoms in total. The molecule has 3 aliphatic carbocycles. The minimum Gasteiger partial charge on any atom is -0.510 e. The lowest BCUT2D eigenvalue weighted by Crippen LogP contribution is -2.63. The first-order valence-corrected chi connectivity index (χ1v) is 13.6. The van der Waals surface area contributed by atoms with Crippen LogP contribution in [0, 0.1) is 11.8 Å². The number of nitrogens with one attached hydrogen (secondary N) is 2. The molecule has 0 aromatic heterocycles. The SMILES string of the molecule is CN(C)c1cc(NC(=O)CNC(C)(C)C)c(O)c2c1C[C@H]1C[C@@H]3[C@H](N(C)C)C(O)=C(C(N)=O)C(=O)[C@@]3(O)C(O)=C1C2=O.Cl. The number of primary amides is 1. The average Bonchev–Trinajstić information content (AvgIpc) is 2.85. The van der Waals surface area contributed by atoms with Crippen molar-refractivity contribution in [1.82, 2.24) is 10.2 Å². The van der Waals surface area contributed by atoms with E-state index in [1.165, 1.54) is 4.90 Å². The second kappa shape index (κ2) is 11.5. The number of amides is 2. The maximum atomic E-state index is 14.1. The van der Waals surface area contributed by atoms with Crippen LogP contribution in [0.3, 0.4) is 0 Å². The largest absolute Gasteiger partial charge is 0.510 e. The first kappa shape index (κ1) is 33.8. The molecule has 0 bridgehead atoms. The van der Waals surface area contributed by atoms with Crippen molar-refractivity contribution in [3.8, 4) is 5.75 Å². The normalized spacial score (nSPS) is 25.1. The molecule has 0 spiro atoms. The molecule has 1 aromatic carbocycles. The van der Waals surface area contributed by atoms with Gasteiger partial charge in [0.1, 0.15) is 17.1 Å². The number of anilines is 2. The van der Waals surface area contributed by atoms with E-state index >= 15 is 0 Å². The molecule has 0 saturated carbocycles. The number of aliphatic hydroxyl groups is 3. The number of ketones is 2. The molecule has 0 unspecified atom stereocenters. The molecule has 0 fully saturated rings. The van der Waals surface area contributed by atoms with Crippen molar-refractivity contribution in [3.05, 3.63) is 39.9 Å². The van der Waals surface area contributed by atoms with Crippen LogP contribution in [0.1, 0.15) is 43.1 Å². The van der Waals surface area contributed by atoms with Gasteiger partial charge in [-0.05, 0) is 65.3 Å². The standard InChI is InChI=1S/C29H39N5O8.ClH/c1-28(2,3)31-11-17(35)32-15-10-16(33(4)5)13-8-12-9-14-21(34(6)7)24(38)20(27(30)41)26(40)29(14,42)25(39)18(12)23(37)19(13)22(15)36;/h10,12,14,21,31,36,38-39,42H,8-9,11H2,1-7H3,(H2,30,41)(H,32,35);1H/t12-,14+,21-,29-;/m0./s1. The van der Waals surface area contributed by atoms with Crippen LogP contribution in [0.25, 0.3) is 0 Å². The fourth-order valence-corrected chi connectivity index (χ4v) is 6.33. The van der Waals surface area contributed by atoms with Crippen LogP contribution >= 0.6 is 12.4 Å². The van der Waals surface area contributed by atoms with Crippen molar-refractivity contribution in [2.24, 2.45) is 17.6 Å². The third kappa shape index (κ3) is 5.46. The Morgan fingerprint density at radius 3 is 2.23 bits per heavy atom. The van der Waals surface area contributed by atoms with Gasteiger partial charge >= 0.3 is 0 Å². The Bertz CT molecular complexity index is 1460. The van der Waals surface area contributed by atoms with E-state index in [9.17, 15) is 39.6 Å². The van der Waals surface area contributed by atoms with Crippen LogP contribution in [0.5, 0.6) is 5.75 Å². The summed E-state index contributed by atoms with van der Waals surface area (Å²) in [7, 11) is 6.62. The molecule has 4 atom stereocenters. The fraction of sp³-hybridized carbons (Fsp3) is 0.517. The average molecular weight is 622 g/mol. The molecule has 1 aromatic rings. The van der Waals surface area contributed by atoms with Gasteiger partial charge in [0.25, 0.3) is 5.91 Å². The van der Waals surface area contributed by atoms with Gasteiger partial charge in [-0.1, -0.05) is 0 Å². The number of aromatic hydroxyl groups is 1. The molecule has 43 heavy (non-hydrogen) atoms. The molecule has 236 valence electrons. The Morgan fingerprint density at radius 1 is 1.12 bits per heavy atom. The van der Waals surface area contributed by atoms with E-state index in [-0.39, 0.29) is 54.2 Å². The summed E-state index contributed by atoms with van der Waals surface area (Å²) in [6.45, 7) is 5.60. The predicted molar refractivity (Wildman–Crippen MR) is 162 cm³/mol. The second-order valence-electron chi connectivity index (χ2n) is 12.7. The van der Waals surface area contributed by atoms with E-state index in [1.54, 1.807) is 39.2 Å². The summed E-state index contributed by atoms with van der Waals surface area (Å²) < 4.78 is 0. The van der Waals surface area contributed by atoms with Crippen LogP contribution in [0.4, 0.5) is 11.4 Å². The van der Waals surface area contributed by atoms with Gasteiger partial charge in [0, 0.05) is 36.8 Å². The van der Waals surface area contributed by atoms with Gasteiger partial charge in [0.15, 0.2) is 17.1 Å². The molecule has 0 radical (unpaired) electrons. The Hall–Kier alpha value is -3.65. The molecule has 0 saturated heterocycles. The minimum absolute atomic E-state index is 0. The molecule has 0 aliphatic heterocycles. The number of benzene rings is 1. The fourth-order valence-electron chi connectivity index (χ4n) is 6.33. The van der Waals surface area contributed by atoms with Crippen molar-refractivity contribution >= 4 is 47.2 Å². The second-order valence-corrected chi connectivity index (χ2v) is 12.7. The number of phenolic OH excluding ortho intramolecular Hbond substituents is 1. The number of halogens is 1. The van der Waals surface area contributed by atoms with Crippen molar-refractivity contribution in [2.75, 3.05) is 45.0 Å². The number of carbonyl (C=O) groups excluding carboxylic acids is 4. The van der Waals surface area contributed by atoms with E-state index in [2.05, 4.69) is 10.6 Å². The van der Waals surface area contributed by atoms with Crippen LogP contribution in [-0.2, 0) is 20.8 Å². The summed E-state index contributed by atoms with van der Waals surface area (Å²) in [5.41, 5.74) is 1.96. The van der Waals surface area contributed by atoms with Gasteiger partial charge in [-0.3, -0.25) is 24.1 Å². The van der Waals surface area contributed by atoms with Crippen LogP contribution in [0.2, 0.25) is 0 Å². The Balaban J connectivity index is 0.00000506. The van der Waals surface area contributed by atoms with Crippen LogP contribution < -0.4 is 21.3 Å². The van der Waals surface area contributed by atoms with Gasteiger partial charge in [0.2, 0.25) is 11.7 Å². The number of nitrogens with zero attached hydrogens (tertiary/aromatic N) is 2. The van der Waals surface area contributed by atoms with E-state index in [0.29, 0.717) is 11.3 Å². The number of aliphatic hydroxyl groups excluding tert-OH is 2. The number of phenols is 1. The number of likely N-dealkylation sites (N-methyl/N-ethyl adjacent to an activating group) is 1. The minimum atomic E-state index is -2.73. The van der Waals surface area contributed by atoms with E-state index in [0.717, 1.165) is 0 Å². The highest BCUT2D eigenvalue weighted by Gasteiger charge is 2.63. The number of allylic oxidation sites excluding steroid dienone is 1. The molecular formula is C29H40ClN5O8. The molecular weight excluding hydrogens is 582 g/mol. The highest BCUT2D eigenvalue weighted by molar-refractivity contribution is 6.25. The number of carbonyl (C=O) groups is 4. The van der Waals surface area contributed by atoms with Gasteiger partial charge in [-0.2, -0.15) is 0 Å². The topological polar surface area (TPSA) is 206 Å². The zero-order valence-electron chi connectivity index (χ0n) is 25.2. The molecule has 2 amide bonds. The highest BCUT2D eigenvalue weighted by atomic mass is 35.5. The number of rotatable bonds is 6. The van der Waals surface area contributed by atoms with E-state index in [4.69, 9.17) is 5.73 Å². The van der Waals surface area contributed by atoms with Crippen LogP contribution in [-0.4, -0.2) is 101 Å². The molecule has 3 aliphatic rings. The number of hydrogen-bond acceptors (Lipinski definition) is 11. The lowest BCUT2D eigenvalue weighted by molar-refractivity contribution is -0.148.